The molecule has 0 spiro atoms. The monoisotopic (exact) mass is 809 g/mol. The Hall–Kier alpha value is -4.53. The largest absolute Gasteiger partial charge is 0.507 e. The summed E-state index contributed by atoms with van der Waals surface area (Å²) < 4.78 is 2.16. The van der Waals surface area contributed by atoms with Crippen LogP contribution in [0.3, 0.4) is 0 Å². The molecular formula is C43H40N3OPt-. The maximum atomic E-state index is 11.3. The molecule has 0 aliphatic heterocycles. The Balaban J connectivity index is 0.00000401. The summed E-state index contributed by atoms with van der Waals surface area (Å²) in [7, 11) is 0. The Morgan fingerprint density at radius 1 is 0.688 bits per heavy atom. The Bertz CT molecular complexity index is 2280. The standard InChI is InChI=1S/C43H40N3O.Pt/c1-27-34(33-19-11-14-28-15-13-23-44-39(28)33)24-29(25-36(27)43(5,6)7)32-18-12-20-37-40(32)45-41(46(37)31-16-9-8-10-17-31)35-26-30(42(2,3)4)21-22-38(35)47;/h8-23,25-26,47H,1-7H3;/q-1;. The van der Waals surface area contributed by atoms with Crippen LogP contribution in [0, 0.1) is 13.0 Å². The molecule has 0 amide bonds. The fourth-order valence-electron chi connectivity index (χ4n) is 6.67. The number of hydrogen-bond acceptors (Lipinski definition) is 3. The van der Waals surface area contributed by atoms with Gasteiger partial charge in [0.25, 0.3) is 0 Å². The maximum Gasteiger partial charge on any atom is 0.148 e. The average Bonchev–Trinajstić information content (AvgIpc) is 3.44. The predicted octanol–water partition coefficient (Wildman–Crippen LogP) is 11.0. The SMILES string of the molecule is Cc1c(-c2cccc3cccnc23)[c-]c(-c2cccc3c2nc(-c2cc(C(C)(C)C)ccc2O)n3-c2ccccc2)cc1C(C)(C)C.[Pt]. The van der Waals surface area contributed by atoms with Crippen molar-refractivity contribution in [1.29, 1.82) is 0 Å². The molecule has 0 unspecified atom stereocenters. The molecule has 0 aliphatic rings. The van der Waals surface area contributed by atoms with E-state index in [4.69, 9.17) is 9.97 Å². The molecule has 7 rings (SSSR count). The van der Waals surface area contributed by atoms with Crippen molar-refractivity contribution in [3.8, 4) is 45.1 Å². The molecule has 5 aromatic carbocycles. The summed E-state index contributed by atoms with van der Waals surface area (Å²) in [5.41, 5.74) is 11.9. The number of para-hydroxylation sites is 3. The molecule has 0 aliphatic carbocycles. The molecule has 7 aromatic rings. The molecule has 244 valence electrons. The van der Waals surface area contributed by atoms with Crippen molar-refractivity contribution in [3.05, 3.63) is 132 Å². The molecule has 2 heterocycles. The summed E-state index contributed by atoms with van der Waals surface area (Å²) in [6, 6.07) is 39.1. The molecule has 0 saturated carbocycles. The summed E-state index contributed by atoms with van der Waals surface area (Å²) in [6.45, 7) is 15.5. The number of rotatable bonds is 4. The summed E-state index contributed by atoms with van der Waals surface area (Å²) in [6.07, 6.45) is 1.86. The normalized spacial score (nSPS) is 12.0. The molecule has 1 N–H and O–H groups in total. The van der Waals surface area contributed by atoms with Crippen LogP contribution < -0.4 is 0 Å². The average molecular weight is 810 g/mol. The quantitative estimate of drug-likeness (QED) is 0.180. The third-order valence-electron chi connectivity index (χ3n) is 9.13. The van der Waals surface area contributed by atoms with Gasteiger partial charge in [-0.3, -0.25) is 9.55 Å². The van der Waals surface area contributed by atoms with Gasteiger partial charge in [-0.15, -0.1) is 34.4 Å². The molecule has 0 atom stereocenters. The van der Waals surface area contributed by atoms with Gasteiger partial charge in [0.1, 0.15) is 11.6 Å². The fraction of sp³-hybridized carbons (Fsp3) is 0.209. The minimum atomic E-state index is -0.109. The molecule has 0 fully saturated rings. The number of fused-ring (bicyclic) bond motifs is 2. The zero-order valence-corrected chi connectivity index (χ0v) is 30.8. The van der Waals surface area contributed by atoms with E-state index in [1.807, 2.05) is 36.5 Å². The van der Waals surface area contributed by atoms with Crippen molar-refractivity contribution in [2.75, 3.05) is 0 Å². The van der Waals surface area contributed by atoms with Crippen LogP contribution in [0.4, 0.5) is 0 Å². The van der Waals surface area contributed by atoms with Gasteiger partial charge in [0.2, 0.25) is 0 Å². The number of hydrogen-bond donors (Lipinski definition) is 1. The predicted molar refractivity (Wildman–Crippen MR) is 195 cm³/mol. The van der Waals surface area contributed by atoms with E-state index in [9.17, 15) is 5.11 Å². The van der Waals surface area contributed by atoms with Gasteiger partial charge in [-0.05, 0) is 58.2 Å². The van der Waals surface area contributed by atoms with Crippen molar-refractivity contribution < 1.29 is 26.2 Å². The van der Waals surface area contributed by atoms with E-state index >= 15 is 0 Å². The van der Waals surface area contributed by atoms with Crippen LogP contribution in [-0.4, -0.2) is 19.6 Å². The number of phenolic OH excluding ortho intramolecular Hbond substituents is 1. The van der Waals surface area contributed by atoms with Crippen LogP contribution in [-0.2, 0) is 31.9 Å². The third-order valence-corrected chi connectivity index (χ3v) is 9.13. The Kier molecular flexibility index (Phi) is 8.68. The van der Waals surface area contributed by atoms with Crippen molar-refractivity contribution >= 4 is 21.9 Å². The Morgan fingerprint density at radius 2 is 1.40 bits per heavy atom. The number of pyridine rings is 1. The van der Waals surface area contributed by atoms with E-state index in [0.717, 1.165) is 55.4 Å². The van der Waals surface area contributed by atoms with Gasteiger partial charge in [-0.1, -0.05) is 120 Å². The smallest absolute Gasteiger partial charge is 0.148 e. The van der Waals surface area contributed by atoms with E-state index in [2.05, 4.69) is 126 Å². The van der Waals surface area contributed by atoms with Crippen LogP contribution in [0.25, 0.3) is 61.3 Å². The summed E-state index contributed by atoms with van der Waals surface area (Å²) in [5.74, 6) is 0.901. The van der Waals surface area contributed by atoms with Gasteiger partial charge >= 0.3 is 0 Å². The zero-order chi connectivity index (χ0) is 33.1. The number of phenols is 1. The molecular weight excluding hydrogens is 770 g/mol. The number of imidazole rings is 1. The molecule has 48 heavy (non-hydrogen) atoms. The molecule has 5 heteroatoms. The molecule has 0 bridgehead atoms. The second-order valence-corrected chi connectivity index (χ2v) is 14.5. The van der Waals surface area contributed by atoms with Gasteiger partial charge in [0.15, 0.2) is 0 Å². The number of nitrogens with zero attached hydrogens (tertiary/aromatic N) is 3. The van der Waals surface area contributed by atoms with E-state index in [1.54, 1.807) is 6.07 Å². The van der Waals surface area contributed by atoms with Crippen LogP contribution >= 0.6 is 0 Å². The maximum absolute atomic E-state index is 11.3. The van der Waals surface area contributed by atoms with Gasteiger partial charge in [0, 0.05) is 38.5 Å². The minimum absolute atomic E-state index is 0. The topological polar surface area (TPSA) is 50.9 Å². The molecule has 0 saturated heterocycles. The van der Waals surface area contributed by atoms with Crippen molar-refractivity contribution in [2.45, 2.75) is 59.3 Å². The van der Waals surface area contributed by atoms with Gasteiger partial charge in [0.05, 0.1) is 16.6 Å². The minimum Gasteiger partial charge on any atom is -0.507 e. The first-order chi connectivity index (χ1) is 22.4. The van der Waals surface area contributed by atoms with E-state index in [-0.39, 0.29) is 37.6 Å². The number of aromatic nitrogens is 3. The third kappa shape index (κ3) is 5.88. The summed E-state index contributed by atoms with van der Waals surface area (Å²) in [4.78, 5) is 10.2. The Labute approximate surface area is 297 Å². The first-order valence-corrected chi connectivity index (χ1v) is 16.2. The summed E-state index contributed by atoms with van der Waals surface area (Å²) in [5, 5.41) is 12.4. The van der Waals surface area contributed by atoms with E-state index in [1.165, 1.54) is 11.1 Å². The van der Waals surface area contributed by atoms with Crippen molar-refractivity contribution in [1.82, 2.24) is 14.5 Å². The van der Waals surface area contributed by atoms with Crippen LogP contribution in [0.15, 0.2) is 109 Å². The molecule has 4 nitrogen and oxygen atoms in total. The van der Waals surface area contributed by atoms with Crippen molar-refractivity contribution in [2.24, 2.45) is 0 Å². The molecule has 0 radical (unpaired) electrons. The van der Waals surface area contributed by atoms with Crippen LogP contribution in [0.5, 0.6) is 5.75 Å². The van der Waals surface area contributed by atoms with Gasteiger partial charge in [-0.25, -0.2) is 4.98 Å². The first kappa shape index (κ1) is 33.4. The van der Waals surface area contributed by atoms with E-state index < -0.39 is 0 Å². The van der Waals surface area contributed by atoms with E-state index in [0.29, 0.717) is 11.4 Å². The second-order valence-electron chi connectivity index (χ2n) is 14.5. The number of aromatic hydroxyl groups is 1. The van der Waals surface area contributed by atoms with Crippen LogP contribution in [0.2, 0.25) is 0 Å². The fourth-order valence-corrected chi connectivity index (χ4v) is 6.67. The van der Waals surface area contributed by atoms with Crippen molar-refractivity contribution in [3.63, 3.8) is 0 Å². The van der Waals surface area contributed by atoms with Gasteiger partial charge < -0.3 is 5.11 Å². The number of benzene rings is 5. The summed E-state index contributed by atoms with van der Waals surface area (Å²) >= 11 is 0. The zero-order valence-electron chi connectivity index (χ0n) is 28.5. The first-order valence-electron chi connectivity index (χ1n) is 16.2. The van der Waals surface area contributed by atoms with Crippen LogP contribution in [0.1, 0.15) is 58.2 Å². The molecule has 2 aromatic heterocycles. The van der Waals surface area contributed by atoms with Gasteiger partial charge in [-0.2, -0.15) is 0 Å². The Morgan fingerprint density at radius 3 is 2.12 bits per heavy atom. The second kappa shape index (κ2) is 12.5.